The Morgan fingerprint density at radius 3 is 2.52 bits per heavy atom. The minimum Gasteiger partial charge on any atom is -0.486 e. The largest absolute Gasteiger partial charge is 0.486 e. The molecule has 1 aliphatic rings. The van der Waals surface area contributed by atoms with Gasteiger partial charge in [-0.3, -0.25) is 9.69 Å². The van der Waals surface area contributed by atoms with Gasteiger partial charge < -0.3 is 14.1 Å². The van der Waals surface area contributed by atoms with Crippen molar-refractivity contribution in [1.29, 1.82) is 0 Å². The first kappa shape index (κ1) is 19.6. The molecule has 2 heterocycles. The van der Waals surface area contributed by atoms with Crippen molar-refractivity contribution in [2.24, 2.45) is 0 Å². The molecule has 0 saturated carbocycles. The van der Waals surface area contributed by atoms with Crippen molar-refractivity contribution in [2.75, 3.05) is 26.2 Å². The number of hydrogen-bond donors (Lipinski definition) is 0. The lowest BCUT2D eigenvalue weighted by atomic mass is 10.2. The molecule has 5 nitrogen and oxygen atoms in total. The first-order chi connectivity index (χ1) is 14.2. The van der Waals surface area contributed by atoms with Crippen molar-refractivity contribution >= 4 is 17.5 Å². The molecule has 0 atom stereocenters. The van der Waals surface area contributed by atoms with Crippen LogP contribution < -0.4 is 4.74 Å². The molecule has 1 aliphatic heterocycles. The topological polar surface area (TPSA) is 45.9 Å². The minimum atomic E-state index is -0.0710. The maximum Gasteiger partial charge on any atom is 0.289 e. The Hall–Kier alpha value is -2.76. The Kier molecular flexibility index (Phi) is 6.17. The van der Waals surface area contributed by atoms with E-state index >= 15 is 0 Å². The van der Waals surface area contributed by atoms with E-state index in [1.807, 2.05) is 23.1 Å². The summed E-state index contributed by atoms with van der Waals surface area (Å²) in [5.74, 6) is 1.55. The van der Waals surface area contributed by atoms with Crippen LogP contribution in [0.1, 0.15) is 21.9 Å². The Balaban J connectivity index is 1.28. The maximum absolute atomic E-state index is 12.8. The standard InChI is InChI=1S/C23H23ClN2O3/c24-19-7-4-8-20(15-19)28-17-21-9-10-22(29-21)23(27)26-13-11-25(12-14-26)16-18-5-2-1-3-6-18/h1-10,15H,11-14,16-17H2. The Labute approximate surface area is 175 Å². The SMILES string of the molecule is O=C(c1ccc(COc2cccc(Cl)c2)o1)N1CCN(Cc2ccccc2)CC1. The first-order valence-corrected chi connectivity index (χ1v) is 10.1. The fraction of sp³-hybridized carbons (Fsp3) is 0.261. The highest BCUT2D eigenvalue weighted by Crippen LogP contribution is 2.20. The predicted molar refractivity (Wildman–Crippen MR) is 112 cm³/mol. The molecule has 29 heavy (non-hydrogen) atoms. The van der Waals surface area contributed by atoms with Gasteiger partial charge in [0.2, 0.25) is 0 Å². The van der Waals surface area contributed by atoms with E-state index in [1.54, 1.807) is 24.3 Å². The number of carbonyl (C=O) groups is 1. The Morgan fingerprint density at radius 1 is 0.966 bits per heavy atom. The minimum absolute atomic E-state index is 0.0710. The molecule has 0 aliphatic carbocycles. The van der Waals surface area contributed by atoms with E-state index in [0.717, 1.165) is 19.6 Å². The highest BCUT2D eigenvalue weighted by molar-refractivity contribution is 6.30. The van der Waals surface area contributed by atoms with Crippen LogP contribution in [0.2, 0.25) is 5.02 Å². The summed E-state index contributed by atoms with van der Waals surface area (Å²) in [7, 11) is 0. The summed E-state index contributed by atoms with van der Waals surface area (Å²) in [5, 5.41) is 0.615. The van der Waals surface area contributed by atoms with Crippen LogP contribution in [0.4, 0.5) is 0 Å². The second-order valence-corrected chi connectivity index (χ2v) is 7.50. The van der Waals surface area contributed by atoms with Gasteiger partial charge >= 0.3 is 0 Å². The number of piperazine rings is 1. The molecule has 0 spiro atoms. The van der Waals surface area contributed by atoms with E-state index < -0.39 is 0 Å². The van der Waals surface area contributed by atoms with E-state index in [1.165, 1.54) is 5.56 Å². The average molecular weight is 411 g/mol. The molecule has 6 heteroatoms. The van der Waals surface area contributed by atoms with Gasteiger partial charge in [-0.2, -0.15) is 0 Å². The number of halogens is 1. The van der Waals surface area contributed by atoms with Crippen molar-refractivity contribution in [2.45, 2.75) is 13.2 Å². The number of furan rings is 1. The van der Waals surface area contributed by atoms with Gasteiger partial charge in [-0.1, -0.05) is 48.0 Å². The molecule has 150 valence electrons. The second-order valence-electron chi connectivity index (χ2n) is 7.07. The summed E-state index contributed by atoms with van der Waals surface area (Å²) < 4.78 is 11.4. The molecule has 0 radical (unpaired) electrons. The zero-order valence-corrected chi connectivity index (χ0v) is 16.8. The zero-order chi connectivity index (χ0) is 20.1. The summed E-state index contributed by atoms with van der Waals surface area (Å²) in [6.45, 7) is 4.26. The third kappa shape index (κ3) is 5.19. The molecule has 1 fully saturated rings. The lowest BCUT2D eigenvalue weighted by Crippen LogP contribution is -2.48. The molecule has 4 rings (SSSR count). The van der Waals surface area contributed by atoms with E-state index in [0.29, 0.717) is 35.4 Å². The molecule has 0 bridgehead atoms. The zero-order valence-electron chi connectivity index (χ0n) is 16.1. The first-order valence-electron chi connectivity index (χ1n) is 9.70. The van der Waals surface area contributed by atoms with Crippen LogP contribution in [0.5, 0.6) is 5.75 Å². The lowest BCUT2D eigenvalue weighted by molar-refractivity contribution is 0.0594. The molecule has 1 saturated heterocycles. The second kappa shape index (κ2) is 9.16. The molecule has 0 N–H and O–H groups in total. The Morgan fingerprint density at radius 2 is 1.76 bits per heavy atom. The number of amides is 1. The highest BCUT2D eigenvalue weighted by Gasteiger charge is 2.24. The summed E-state index contributed by atoms with van der Waals surface area (Å²) in [6.07, 6.45) is 0. The summed E-state index contributed by atoms with van der Waals surface area (Å²) in [5.41, 5.74) is 1.29. The predicted octanol–water partition coefficient (Wildman–Crippen LogP) is 4.47. The van der Waals surface area contributed by atoms with Gasteiger partial charge in [0.15, 0.2) is 5.76 Å². The van der Waals surface area contributed by atoms with Crippen molar-refractivity contribution in [3.63, 3.8) is 0 Å². The van der Waals surface area contributed by atoms with E-state index in [2.05, 4.69) is 29.2 Å². The molecular formula is C23H23ClN2O3. The third-order valence-electron chi connectivity index (χ3n) is 4.96. The maximum atomic E-state index is 12.8. The number of hydrogen-bond acceptors (Lipinski definition) is 4. The van der Waals surface area contributed by atoms with Gasteiger partial charge in [-0.15, -0.1) is 0 Å². The van der Waals surface area contributed by atoms with Crippen LogP contribution in [0.15, 0.2) is 71.1 Å². The van der Waals surface area contributed by atoms with E-state index in [4.69, 9.17) is 20.8 Å². The summed E-state index contributed by atoms with van der Waals surface area (Å²) in [6, 6.07) is 21.1. The van der Waals surface area contributed by atoms with Crippen LogP contribution in [-0.2, 0) is 13.2 Å². The smallest absolute Gasteiger partial charge is 0.289 e. The van der Waals surface area contributed by atoms with E-state index in [-0.39, 0.29) is 12.5 Å². The van der Waals surface area contributed by atoms with Crippen molar-refractivity contribution < 1.29 is 13.9 Å². The van der Waals surface area contributed by atoms with Gasteiger partial charge in [0.25, 0.3) is 5.91 Å². The third-order valence-corrected chi connectivity index (χ3v) is 5.19. The molecule has 3 aromatic rings. The Bertz CT molecular complexity index is 950. The van der Waals surface area contributed by atoms with Crippen molar-refractivity contribution in [3.05, 3.63) is 88.8 Å². The molecule has 0 unspecified atom stereocenters. The van der Waals surface area contributed by atoms with Crippen LogP contribution in [0.25, 0.3) is 0 Å². The monoisotopic (exact) mass is 410 g/mol. The molecule has 2 aromatic carbocycles. The fourth-order valence-corrected chi connectivity index (χ4v) is 3.57. The van der Waals surface area contributed by atoms with Gasteiger partial charge in [0.05, 0.1) is 0 Å². The van der Waals surface area contributed by atoms with Gasteiger partial charge in [-0.25, -0.2) is 0 Å². The van der Waals surface area contributed by atoms with Crippen molar-refractivity contribution in [3.8, 4) is 5.75 Å². The number of ether oxygens (including phenoxy) is 1. The average Bonchev–Trinajstić information content (AvgIpc) is 3.22. The number of benzene rings is 2. The van der Waals surface area contributed by atoms with Crippen LogP contribution in [0, 0.1) is 0 Å². The number of rotatable bonds is 6. The van der Waals surface area contributed by atoms with Crippen LogP contribution >= 0.6 is 11.6 Å². The van der Waals surface area contributed by atoms with Crippen LogP contribution in [-0.4, -0.2) is 41.9 Å². The van der Waals surface area contributed by atoms with Crippen LogP contribution in [0.3, 0.4) is 0 Å². The quantitative estimate of drug-likeness (QED) is 0.601. The summed E-state index contributed by atoms with van der Waals surface area (Å²) >= 11 is 5.96. The highest BCUT2D eigenvalue weighted by atomic mass is 35.5. The summed E-state index contributed by atoms with van der Waals surface area (Å²) in [4.78, 5) is 17.0. The number of nitrogens with zero attached hydrogens (tertiary/aromatic N) is 2. The van der Waals surface area contributed by atoms with E-state index in [9.17, 15) is 4.79 Å². The number of carbonyl (C=O) groups excluding carboxylic acids is 1. The normalized spacial score (nSPS) is 14.7. The molecular weight excluding hydrogens is 388 g/mol. The van der Waals surface area contributed by atoms with Gasteiger partial charge in [0.1, 0.15) is 18.1 Å². The van der Waals surface area contributed by atoms with Crippen molar-refractivity contribution in [1.82, 2.24) is 9.80 Å². The lowest BCUT2D eigenvalue weighted by Gasteiger charge is -2.34. The molecule has 1 amide bonds. The molecule has 1 aromatic heterocycles. The van der Waals surface area contributed by atoms with Gasteiger partial charge in [0, 0.05) is 37.7 Å². The fourth-order valence-electron chi connectivity index (χ4n) is 3.39. The van der Waals surface area contributed by atoms with Gasteiger partial charge in [-0.05, 0) is 35.9 Å².